The highest BCUT2D eigenvalue weighted by Gasteiger charge is 2.38. The van der Waals surface area contributed by atoms with E-state index in [4.69, 9.17) is 19.3 Å². The van der Waals surface area contributed by atoms with Crippen molar-refractivity contribution in [3.05, 3.63) is 53.1 Å². The molecule has 0 amide bonds. The molecular weight excluding hydrogens is 504 g/mol. The zero-order chi connectivity index (χ0) is 29.7. The van der Waals surface area contributed by atoms with E-state index in [1.807, 2.05) is 39.0 Å². The lowest BCUT2D eigenvalue weighted by atomic mass is 9.62. The van der Waals surface area contributed by atoms with Crippen LogP contribution in [-0.2, 0) is 25.2 Å². The number of carbonyl (C=O) groups excluding carboxylic acids is 1. The number of carbonyl (C=O) groups is 2. The number of carboxylic acid groups (broad SMARTS) is 1. The van der Waals surface area contributed by atoms with Gasteiger partial charge in [0.05, 0.1) is 13.7 Å². The molecule has 40 heavy (non-hydrogen) atoms. The van der Waals surface area contributed by atoms with E-state index in [1.54, 1.807) is 13.2 Å². The molecule has 0 unspecified atom stereocenters. The molecule has 0 radical (unpaired) electrons. The van der Waals surface area contributed by atoms with Crippen molar-refractivity contribution in [1.29, 1.82) is 0 Å². The van der Waals surface area contributed by atoms with Crippen LogP contribution in [0.3, 0.4) is 0 Å². The van der Waals surface area contributed by atoms with Gasteiger partial charge in [-0.25, -0.2) is 4.79 Å². The Bertz CT molecular complexity index is 1250. The van der Waals surface area contributed by atoms with E-state index in [1.165, 1.54) is 11.1 Å². The monoisotopic (exact) mass is 550 g/mol. The largest absolute Gasteiger partial charge is 0.496 e. The highest BCUT2D eigenvalue weighted by molar-refractivity contribution is 5.86. The first-order chi connectivity index (χ1) is 18.6. The second-order valence-corrected chi connectivity index (χ2v) is 13.0. The number of hydrogen-bond donors (Lipinski definition) is 1. The van der Waals surface area contributed by atoms with Gasteiger partial charge in [-0.3, -0.25) is 4.79 Å². The molecule has 0 fully saturated rings. The summed E-state index contributed by atoms with van der Waals surface area (Å²) in [7, 11) is 1.64. The second kappa shape index (κ2) is 12.5. The lowest BCUT2D eigenvalue weighted by Gasteiger charge is -2.42. The van der Waals surface area contributed by atoms with Crippen LogP contribution in [0, 0.1) is 0 Å². The van der Waals surface area contributed by atoms with E-state index in [-0.39, 0.29) is 16.8 Å². The first kappa shape index (κ1) is 31.3. The van der Waals surface area contributed by atoms with Crippen LogP contribution in [0.5, 0.6) is 11.5 Å². The Hall–Kier alpha value is -3.28. The number of carboxylic acids is 1. The summed E-state index contributed by atoms with van der Waals surface area (Å²) in [6.45, 7) is 15.3. The molecule has 0 heterocycles. The van der Waals surface area contributed by atoms with Gasteiger partial charge in [-0.1, -0.05) is 33.8 Å². The minimum atomic E-state index is -0.995. The maximum Gasteiger partial charge on any atom is 0.328 e. The summed E-state index contributed by atoms with van der Waals surface area (Å²) >= 11 is 0. The highest BCUT2D eigenvalue weighted by Crippen LogP contribution is 2.50. The Morgan fingerprint density at radius 3 is 2.12 bits per heavy atom. The number of rotatable bonds is 11. The average molecular weight is 551 g/mol. The number of hydrogen-bond acceptors (Lipinski definition) is 5. The van der Waals surface area contributed by atoms with Crippen LogP contribution in [0.4, 0.5) is 0 Å². The number of aliphatic carboxylic acids is 1. The fraction of sp³-hybridized carbons (Fsp3) is 0.529. The molecule has 1 N–H and O–H groups in total. The van der Waals surface area contributed by atoms with Gasteiger partial charge in [0.2, 0.25) is 0 Å². The normalized spacial score (nSPS) is 15.9. The van der Waals surface area contributed by atoms with Gasteiger partial charge >= 0.3 is 11.9 Å². The minimum Gasteiger partial charge on any atom is -0.496 e. The second-order valence-electron chi connectivity index (χ2n) is 13.0. The molecule has 2 aromatic carbocycles. The summed E-state index contributed by atoms with van der Waals surface area (Å²) in [5.74, 6) is 0.321. The van der Waals surface area contributed by atoms with Crippen molar-refractivity contribution >= 4 is 18.0 Å². The Kier molecular flexibility index (Phi) is 9.76. The first-order valence-electron chi connectivity index (χ1n) is 14.3. The zero-order valence-electron chi connectivity index (χ0n) is 25.5. The Labute approximate surface area is 239 Å². The highest BCUT2D eigenvalue weighted by atomic mass is 16.6. The molecule has 1 aliphatic carbocycles. The van der Waals surface area contributed by atoms with Crippen LogP contribution in [-0.4, -0.2) is 36.4 Å². The van der Waals surface area contributed by atoms with Crippen molar-refractivity contribution in [3.63, 3.8) is 0 Å². The average Bonchev–Trinajstić information content (AvgIpc) is 2.86. The molecule has 0 atom stereocenters. The Morgan fingerprint density at radius 1 is 0.900 bits per heavy atom. The number of methoxy groups -OCH3 is 1. The maximum atomic E-state index is 12.0. The Balaban J connectivity index is 1.93. The smallest absolute Gasteiger partial charge is 0.328 e. The fourth-order valence-electron chi connectivity index (χ4n) is 5.25. The molecule has 2 aromatic rings. The predicted octanol–water partition coefficient (Wildman–Crippen LogP) is 8.09. The molecule has 0 saturated carbocycles. The van der Waals surface area contributed by atoms with Crippen molar-refractivity contribution in [1.82, 2.24) is 0 Å². The van der Waals surface area contributed by atoms with Gasteiger partial charge in [0.25, 0.3) is 0 Å². The van der Waals surface area contributed by atoms with Crippen molar-refractivity contribution in [2.24, 2.45) is 0 Å². The lowest BCUT2D eigenvalue weighted by molar-refractivity contribution is -0.155. The third kappa shape index (κ3) is 8.12. The third-order valence-corrected chi connectivity index (χ3v) is 7.59. The van der Waals surface area contributed by atoms with E-state index < -0.39 is 11.6 Å². The molecule has 0 spiro atoms. The summed E-state index contributed by atoms with van der Waals surface area (Å²) in [6, 6.07) is 10.1. The molecule has 0 aromatic heterocycles. The van der Waals surface area contributed by atoms with Crippen LogP contribution < -0.4 is 9.47 Å². The van der Waals surface area contributed by atoms with E-state index in [0.717, 1.165) is 60.6 Å². The van der Waals surface area contributed by atoms with Crippen molar-refractivity contribution in [2.45, 2.75) is 103 Å². The van der Waals surface area contributed by atoms with Gasteiger partial charge in [-0.2, -0.15) is 0 Å². The van der Waals surface area contributed by atoms with Crippen LogP contribution in [0.25, 0.3) is 17.2 Å². The third-order valence-electron chi connectivity index (χ3n) is 7.59. The van der Waals surface area contributed by atoms with Gasteiger partial charge in [0, 0.05) is 23.6 Å². The molecule has 1 aliphatic rings. The summed E-state index contributed by atoms with van der Waals surface area (Å²) in [4.78, 5) is 23.2. The van der Waals surface area contributed by atoms with Gasteiger partial charge < -0.3 is 19.3 Å². The number of benzene rings is 2. The van der Waals surface area contributed by atoms with E-state index in [0.29, 0.717) is 18.8 Å². The molecule has 218 valence electrons. The quantitative estimate of drug-likeness (QED) is 0.173. The van der Waals surface area contributed by atoms with Crippen LogP contribution in [0.2, 0.25) is 0 Å². The van der Waals surface area contributed by atoms with Crippen LogP contribution >= 0.6 is 0 Å². The standard InChI is InChI=1S/C34H46O6/c1-32(2,3)40-31(37)12-10-9-11-19-39-29-22-27-26(33(4,5)17-18-34(27,6)7)21-25(29)24-20-23(14-16-30(35)36)13-15-28(24)38-8/h13-16,20-22H,9-12,17-19H2,1-8H3,(H,35,36)/b16-14+. The SMILES string of the molecule is COc1ccc(/C=C/C(=O)O)cc1-c1cc2c(cc1OCCCCCC(=O)OC(C)(C)C)C(C)(C)CCC2(C)C. The predicted molar refractivity (Wildman–Crippen MR) is 160 cm³/mol. The molecule has 3 rings (SSSR count). The number of ether oxygens (including phenoxy) is 3. The summed E-state index contributed by atoms with van der Waals surface area (Å²) in [5.41, 5.74) is 4.72. The van der Waals surface area contributed by atoms with Crippen molar-refractivity contribution in [3.8, 4) is 22.6 Å². The van der Waals surface area contributed by atoms with Gasteiger partial charge in [-0.05, 0) is 111 Å². The van der Waals surface area contributed by atoms with Gasteiger partial charge in [0.15, 0.2) is 0 Å². The number of fused-ring (bicyclic) bond motifs is 1. The lowest BCUT2D eigenvalue weighted by Crippen LogP contribution is -2.34. The van der Waals surface area contributed by atoms with E-state index in [9.17, 15) is 9.59 Å². The first-order valence-corrected chi connectivity index (χ1v) is 14.3. The van der Waals surface area contributed by atoms with Crippen LogP contribution in [0.1, 0.15) is 104 Å². The van der Waals surface area contributed by atoms with Crippen LogP contribution in [0.15, 0.2) is 36.4 Å². The molecule has 6 heteroatoms. The molecule has 6 nitrogen and oxygen atoms in total. The van der Waals surface area contributed by atoms with Crippen molar-refractivity contribution in [2.75, 3.05) is 13.7 Å². The van der Waals surface area contributed by atoms with Gasteiger partial charge in [-0.15, -0.1) is 0 Å². The minimum absolute atomic E-state index is 0.00779. The van der Waals surface area contributed by atoms with E-state index >= 15 is 0 Å². The molecular formula is C34H46O6. The fourth-order valence-corrected chi connectivity index (χ4v) is 5.25. The summed E-state index contributed by atoms with van der Waals surface area (Å²) < 4.78 is 17.6. The van der Waals surface area contributed by atoms with Gasteiger partial charge in [0.1, 0.15) is 17.1 Å². The Morgan fingerprint density at radius 2 is 1.52 bits per heavy atom. The summed E-state index contributed by atoms with van der Waals surface area (Å²) in [5, 5.41) is 9.13. The summed E-state index contributed by atoms with van der Waals surface area (Å²) in [6.07, 6.45) is 7.73. The number of esters is 1. The topological polar surface area (TPSA) is 82.1 Å². The van der Waals surface area contributed by atoms with E-state index in [2.05, 4.69) is 39.8 Å². The van der Waals surface area contributed by atoms with Crippen molar-refractivity contribution < 1.29 is 28.9 Å². The molecule has 0 saturated heterocycles. The zero-order valence-corrected chi connectivity index (χ0v) is 25.5. The number of unbranched alkanes of at least 4 members (excludes halogenated alkanes) is 2. The maximum absolute atomic E-state index is 12.0. The molecule has 0 aliphatic heterocycles. The molecule has 0 bridgehead atoms.